The van der Waals surface area contributed by atoms with Gasteiger partial charge < -0.3 is 19.7 Å². The van der Waals surface area contributed by atoms with Crippen molar-refractivity contribution in [1.29, 1.82) is 5.26 Å². The molecule has 1 N–H and O–H groups in total. The average molecular weight is 462 g/mol. The fraction of sp³-hybridized carbons (Fsp3) is 0.500. The zero-order chi connectivity index (χ0) is 24.5. The van der Waals surface area contributed by atoms with Crippen LogP contribution in [-0.2, 0) is 0 Å². The summed E-state index contributed by atoms with van der Waals surface area (Å²) in [7, 11) is 1.54. The number of carbonyl (C=O) groups is 1. The molecule has 0 unspecified atom stereocenters. The van der Waals surface area contributed by atoms with Gasteiger partial charge in [0.2, 0.25) is 0 Å². The van der Waals surface area contributed by atoms with Crippen molar-refractivity contribution in [3.05, 3.63) is 53.6 Å². The molecule has 2 aromatic carbocycles. The van der Waals surface area contributed by atoms with E-state index < -0.39 is 0 Å². The van der Waals surface area contributed by atoms with E-state index in [0.717, 1.165) is 13.1 Å². The van der Waals surface area contributed by atoms with Crippen LogP contribution in [0.5, 0.6) is 11.5 Å². The first-order chi connectivity index (χ1) is 16.2. The fourth-order valence-corrected chi connectivity index (χ4v) is 5.96. The topological polar surface area (TPSA) is 74.6 Å². The molecule has 0 bridgehead atoms. The van der Waals surface area contributed by atoms with E-state index in [1.807, 2.05) is 12.1 Å². The molecule has 4 rings (SSSR count). The lowest BCUT2D eigenvalue weighted by atomic mass is 9.49. The fourth-order valence-electron chi connectivity index (χ4n) is 5.96. The number of ether oxygens (including phenoxy) is 2. The Morgan fingerprint density at radius 1 is 1.03 bits per heavy atom. The first-order valence-electron chi connectivity index (χ1n) is 12.1. The Hall–Kier alpha value is -3.20. The maximum absolute atomic E-state index is 13.1. The number of anilines is 1. The molecule has 1 amide bonds. The molecule has 0 spiro atoms. The number of rotatable bonds is 6. The maximum atomic E-state index is 13.1. The molecule has 1 aliphatic carbocycles. The van der Waals surface area contributed by atoms with Crippen molar-refractivity contribution in [3.63, 3.8) is 0 Å². The van der Waals surface area contributed by atoms with Gasteiger partial charge in [0.15, 0.2) is 0 Å². The van der Waals surface area contributed by atoms with Crippen LogP contribution in [0.25, 0.3) is 0 Å². The molecule has 2 fully saturated rings. The highest BCUT2D eigenvalue weighted by Crippen LogP contribution is 2.55. The predicted molar refractivity (Wildman–Crippen MR) is 133 cm³/mol. The van der Waals surface area contributed by atoms with Gasteiger partial charge >= 0.3 is 0 Å². The average Bonchev–Trinajstić information content (AvgIpc) is 2.85. The molecule has 0 radical (unpaired) electrons. The van der Waals surface area contributed by atoms with Crippen LogP contribution in [0.1, 0.15) is 62.9 Å². The van der Waals surface area contributed by atoms with Crippen molar-refractivity contribution >= 4 is 11.6 Å². The SMILES string of the molecule is COc1cc(OC2C(C)(C)C(NC(=O)c3ccc(N4CCCCC4)cc3)C2(C)C)ccc1C#N. The van der Waals surface area contributed by atoms with Crippen LogP contribution < -0.4 is 19.7 Å². The van der Waals surface area contributed by atoms with Crippen molar-refractivity contribution in [1.82, 2.24) is 5.32 Å². The molecule has 1 saturated heterocycles. The van der Waals surface area contributed by atoms with Gasteiger partial charge in [-0.1, -0.05) is 27.7 Å². The summed E-state index contributed by atoms with van der Waals surface area (Å²) in [6.07, 6.45) is 3.64. The Labute approximate surface area is 202 Å². The number of nitriles is 1. The number of methoxy groups -OCH3 is 1. The van der Waals surface area contributed by atoms with Crippen LogP contribution in [-0.4, -0.2) is 38.3 Å². The third-order valence-electron chi connectivity index (χ3n) is 7.51. The summed E-state index contributed by atoms with van der Waals surface area (Å²) >= 11 is 0. The van der Waals surface area contributed by atoms with Gasteiger partial charge in [-0.25, -0.2) is 0 Å². The Bertz CT molecular complexity index is 1060. The van der Waals surface area contributed by atoms with Gasteiger partial charge in [0, 0.05) is 47.3 Å². The van der Waals surface area contributed by atoms with Crippen LogP contribution in [0.3, 0.4) is 0 Å². The summed E-state index contributed by atoms with van der Waals surface area (Å²) in [6.45, 7) is 10.6. The van der Waals surface area contributed by atoms with E-state index in [9.17, 15) is 10.1 Å². The number of piperidine rings is 1. The first-order valence-corrected chi connectivity index (χ1v) is 12.1. The third-order valence-corrected chi connectivity index (χ3v) is 7.51. The molecule has 2 aliphatic rings. The zero-order valence-corrected chi connectivity index (χ0v) is 20.9. The van der Waals surface area contributed by atoms with E-state index in [1.54, 1.807) is 25.3 Å². The number of hydrogen-bond acceptors (Lipinski definition) is 5. The summed E-state index contributed by atoms with van der Waals surface area (Å²) < 4.78 is 11.7. The molecule has 2 aromatic rings. The van der Waals surface area contributed by atoms with Gasteiger partial charge in [-0.2, -0.15) is 5.26 Å². The van der Waals surface area contributed by atoms with Gasteiger partial charge in [-0.15, -0.1) is 0 Å². The van der Waals surface area contributed by atoms with Crippen LogP contribution >= 0.6 is 0 Å². The van der Waals surface area contributed by atoms with E-state index in [-0.39, 0.29) is 28.9 Å². The van der Waals surface area contributed by atoms with Crippen LogP contribution in [0.4, 0.5) is 5.69 Å². The number of hydrogen-bond donors (Lipinski definition) is 1. The highest BCUT2D eigenvalue weighted by Gasteiger charge is 2.64. The van der Waals surface area contributed by atoms with Gasteiger partial charge in [-0.3, -0.25) is 4.79 Å². The molecule has 180 valence electrons. The molecule has 34 heavy (non-hydrogen) atoms. The van der Waals surface area contributed by atoms with E-state index in [1.165, 1.54) is 24.9 Å². The molecular formula is C28H35N3O3. The van der Waals surface area contributed by atoms with Gasteiger partial charge in [0.25, 0.3) is 5.91 Å². The summed E-state index contributed by atoms with van der Waals surface area (Å²) in [5.74, 6) is 1.09. The summed E-state index contributed by atoms with van der Waals surface area (Å²) in [5.41, 5.74) is 1.76. The highest BCUT2D eigenvalue weighted by molar-refractivity contribution is 5.95. The van der Waals surface area contributed by atoms with E-state index in [4.69, 9.17) is 9.47 Å². The zero-order valence-electron chi connectivity index (χ0n) is 20.9. The number of nitrogens with zero attached hydrogens (tertiary/aromatic N) is 2. The molecule has 0 aromatic heterocycles. The Morgan fingerprint density at radius 3 is 2.26 bits per heavy atom. The third kappa shape index (κ3) is 4.32. The second-order valence-corrected chi connectivity index (χ2v) is 10.6. The highest BCUT2D eigenvalue weighted by atomic mass is 16.5. The quantitative estimate of drug-likeness (QED) is 0.642. The standard InChI is InChI=1S/C28H35N3O3/c1-27(2)25(28(3,4)26(27)34-22-14-11-20(18-29)23(17-22)33-5)30-24(32)19-9-12-21(13-10-19)31-15-7-6-8-16-31/h9-14,17,25-26H,6-8,15-16H2,1-5H3,(H,30,32). The second kappa shape index (κ2) is 9.21. The minimum absolute atomic E-state index is 0.0560. The number of benzene rings is 2. The van der Waals surface area contributed by atoms with Gasteiger partial charge in [-0.05, 0) is 55.7 Å². The first kappa shape index (κ1) is 23.9. The van der Waals surface area contributed by atoms with Crippen LogP contribution in [0.15, 0.2) is 42.5 Å². The number of nitrogens with one attached hydrogen (secondary N) is 1. The predicted octanol–water partition coefficient (Wildman–Crippen LogP) is 5.17. The molecule has 1 heterocycles. The van der Waals surface area contributed by atoms with E-state index in [0.29, 0.717) is 22.6 Å². The molecule has 0 atom stereocenters. The Morgan fingerprint density at radius 2 is 1.68 bits per heavy atom. The molecule has 6 heteroatoms. The monoisotopic (exact) mass is 461 g/mol. The van der Waals surface area contributed by atoms with Crippen LogP contribution in [0, 0.1) is 22.2 Å². The lowest BCUT2D eigenvalue weighted by molar-refractivity contribution is -0.164. The van der Waals surface area contributed by atoms with Crippen molar-refractivity contribution in [2.45, 2.75) is 59.1 Å². The number of carbonyl (C=O) groups excluding carboxylic acids is 1. The van der Waals surface area contributed by atoms with Crippen molar-refractivity contribution in [2.24, 2.45) is 10.8 Å². The largest absolute Gasteiger partial charge is 0.495 e. The van der Waals surface area contributed by atoms with Gasteiger partial charge in [0.1, 0.15) is 23.7 Å². The van der Waals surface area contributed by atoms with E-state index in [2.05, 4.69) is 56.1 Å². The Kier molecular flexibility index (Phi) is 6.49. The van der Waals surface area contributed by atoms with Crippen molar-refractivity contribution in [3.8, 4) is 17.6 Å². The molecular weight excluding hydrogens is 426 g/mol. The Balaban J connectivity index is 1.44. The number of amides is 1. The van der Waals surface area contributed by atoms with Crippen molar-refractivity contribution < 1.29 is 14.3 Å². The summed E-state index contributed by atoms with van der Waals surface area (Å²) in [4.78, 5) is 15.5. The van der Waals surface area contributed by atoms with Gasteiger partial charge in [0.05, 0.1) is 12.7 Å². The van der Waals surface area contributed by atoms with Crippen molar-refractivity contribution in [2.75, 3.05) is 25.1 Å². The second-order valence-electron chi connectivity index (χ2n) is 10.6. The maximum Gasteiger partial charge on any atom is 0.251 e. The minimum Gasteiger partial charge on any atom is -0.495 e. The van der Waals surface area contributed by atoms with E-state index >= 15 is 0 Å². The molecule has 1 aliphatic heterocycles. The summed E-state index contributed by atoms with van der Waals surface area (Å²) in [5, 5.41) is 12.5. The lowest BCUT2D eigenvalue weighted by Crippen LogP contribution is -2.74. The molecule has 1 saturated carbocycles. The lowest BCUT2D eigenvalue weighted by Gasteiger charge is -2.63. The summed E-state index contributed by atoms with van der Waals surface area (Å²) in [6, 6.07) is 15.3. The minimum atomic E-state index is -0.284. The smallest absolute Gasteiger partial charge is 0.251 e. The normalized spacial score (nSPS) is 22.8. The van der Waals surface area contributed by atoms with Crippen LogP contribution in [0.2, 0.25) is 0 Å². The molecule has 6 nitrogen and oxygen atoms in total.